The van der Waals surface area contributed by atoms with Gasteiger partial charge in [0, 0.05) is 11.1 Å². The average molecular weight is 451 g/mol. The number of rotatable bonds is 4. The van der Waals surface area contributed by atoms with Crippen LogP contribution in [-0.4, -0.2) is 15.3 Å². The highest BCUT2D eigenvalue weighted by molar-refractivity contribution is 6.00. The van der Waals surface area contributed by atoms with Crippen LogP contribution in [0.2, 0.25) is 0 Å². The monoisotopic (exact) mass is 450 g/mol. The first kappa shape index (κ1) is 20.5. The smallest absolute Gasteiger partial charge is 0.162 e. The van der Waals surface area contributed by atoms with Crippen LogP contribution in [0.1, 0.15) is 5.69 Å². The van der Waals surface area contributed by atoms with E-state index in [0.717, 1.165) is 33.4 Å². The topological polar surface area (TPSA) is 75.6 Å². The van der Waals surface area contributed by atoms with E-state index in [1.165, 1.54) is 0 Å². The van der Waals surface area contributed by atoms with Gasteiger partial charge in [0.1, 0.15) is 17.3 Å². The normalized spacial score (nSPS) is 10.8. The number of benzene rings is 4. The standard InChI is InChI=1S/C30H18N4O/c31-19-26-27(24-15-11-22(12-16-24)20-7-3-1-4-8-20)29-30(34-35-33-29)28(32-26)25-17-13-23(14-18-25)21-9-5-2-6-10-21/h1-18H. The molecule has 0 saturated heterocycles. The van der Waals surface area contributed by atoms with E-state index in [1.807, 2.05) is 84.9 Å². The Bertz CT molecular complexity index is 1670. The van der Waals surface area contributed by atoms with Gasteiger partial charge < -0.3 is 0 Å². The van der Waals surface area contributed by atoms with Gasteiger partial charge in [-0.05, 0) is 38.1 Å². The molecular formula is C30H18N4O. The summed E-state index contributed by atoms with van der Waals surface area (Å²) in [7, 11) is 0. The molecule has 4 aromatic carbocycles. The van der Waals surface area contributed by atoms with Gasteiger partial charge >= 0.3 is 0 Å². The second-order valence-corrected chi connectivity index (χ2v) is 8.14. The fraction of sp³-hybridized carbons (Fsp3) is 0. The number of fused-ring (bicyclic) bond motifs is 1. The first-order chi connectivity index (χ1) is 17.3. The number of hydrogen-bond donors (Lipinski definition) is 0. The first-order valence-corrected chi connectivity index (χ1v) is 11.2. The van der Waals surface area contributed by atoms with Crippen molar-refractivity contribution in [3.8, 4) is 50.7 Å². The fourth-order valence-corrected chi connectivity index (χ4v) is 4.31. The molecule has 0 aliphatic heterocycles. The molecule has 0 radical (unpaired) electrons. The van der Waals surface area contributed by atoms with Crippen LogP contribution in [0, 0.1) is 11.3 Å². The maximum atomic E-state index is 9.98. The number of nitriles is 1. The van der Waals surface area contributed by atoms with Gasteiger partial charge in [0.05, 0.1) is 0 Å². The third-order valence-electron chi connectivity index (χ3n) is 6.06. The van der Waals surface area contributed by atoms with Crippen LogP contribution in [0.5, 0.6) is 0 Å². The lowest BCUT2D eigenvalue weighted by Gasteiger charge is -2.09. The SMILES string of the molecule is N#Cc1nc(-c2ccc(-c3ccccc3)cc2)c2nonc2c1-c1ccc(-c2ccccc2)cc1. The molecule has 6 aromatic rings. The van der Waals surface area contributed by atoms with Crippen LogP contribution in [0.25, 0.3) is 55.7 Å². The molecule has 5 nitrogen and oxygen atoms in total. The highest BCUT2D eigenvalue weighted by Gasteiger charge is 2.21. The first-order valence-electron chi connectivity index (χ1n) is 11.2. The van der Waals surface area contributed by atoms with Crippen LogP contribution in [0.3, 0.4) is 0 Å². The Morgan fingerprint density at radius 2 is 0.971 bits per heavy atom. The highest BCUT2D eigenvalue weighted by atomic mass is 16.6. The van der Waals surface area contributed by atoms with Crippen molar-refractivity contribution >= 4 is 11.0 Å². The molecule has 0 atom stereocenters. The van der Waals surface area contributed by atoms with Crippen molar-refractivity contribution in [3.05, 3.63) is 115 Å². The molecule has 0 aliphatic rings. The Hall–Kier alpha value is -5.08. The maximum Gasteiger partial charge on any atom is 0.162 e. The largest absolute Gasteiger partial charge is 0.243 e. The van der Waals surface area contributed by atoms with E-state index in [9.17, 15) is 5.26 Å². The Labute approximate surface area is 201 Å². The number of nitrogens with zero attached hydrogens (tertiary/aromatic N) is 4. The van der Waals surface area contributed by atoms with Gasteiger partial charge in [-0.15, -0.1) is 0 Å². The van der Waals surface area contributed by atoms with Crippen molar-refractivity contribution in [2.75, 3.05) is 0 Å². The molecule has 0 bridgehead atoms. The molecule has 0 amide bonds. The molecule has 0 fully saturated rings. The van der Waals surface area contributed by atoms with Crippen molar-refractivity contribution in [1.29, 1.82) is 5.26 Å². The molecule has 0 saturated carbocycles. The number of pyridine rings is 1. The second kappa shape index (κ2) is 8.69. The predicted molar refractivity (Wildman–Crippen MR) is 136 cm³/mol. The predicted octanol–water partition coefficient (Wildman–Crippen LogP) is 7.16. The summed E-state index contributed by atoms with van der Waals surface area (Å²) < 4.78 is 5.13. The van der Waals surface area contributed by atoms with Crippen LogP contribution < -0.4 is 0 Å². The quantitative estimate of drug-likeness (QED) is 0.285. The lowest BCUT2D eigenvalue weighted by Crippen LogP contribution is -1.96. The van der Waals surface area contributed by atoms with E-state index in [1.54, 1.807) is 0 Å². The number of aromatic nitrogens is 3. The Kier molecular flexibility index (Phi) is 5.10. The van der Waals surface area contributed by atoms with Crippen molar-refractivity contribution in [2.45, 2.75) is 0 Å². The molecule has 2 heterocycles. The Morgan fingerprint density at radius 1 is 0.514 bits per heavy atom. The summed E-state index contributed by atoms with van der Waals surface area (Å²) in [5, 5.41) is 18.3. The van der Waals surface area contributed by atoms with Crippen molar-refractivity contribution in [2.24, 2.45) is 0 Å². The van der Waals surface area contributed by atoms with Gasteiger partial charge in [0.15, 0.2) is 11.2 Å². The zero-order valence-electron chi connectivity index (χ0n) is 18.6. The molecular weight excluding hydrogens is 432 g/mol. The lowest BCUT2D eigenvalue weighted by atomic mass is 9.97. The Morgan fingerprint density at radius 3 is 1.51 bits per heavy atom. The summed E-state index contributed by atoms with van der Waals surface area (Å²) in [5.41, 5.74) is 8.63. The second-order valence-electron chi connectivity index (χ2n) is 8.14. The molecule has 35 heavy (non-hydrogen) atoms. The summed E-state index contributed by atoms with van der Waals surface area (Å²) in [6.45, 7) is 0. The third-order valence-corrected chi connectivity index (χ3v) is 6.06. The van der Waals surface area contributed by atoms with E-state index < -0.39 is 0 Å². The van der Waals surface area contributed by atoms with Gasteiger partial charge in [0.2, 0.25) is 0 Å². The minimum atomic E-state index is 0.280. The van der Waals surface area contributed by atoms with Crippen molar-refractivity contribution < 1.29 is 4.63 Å². The maximum absolute atomic E-state index is 9.98. The summed E-state index contributed by atoms with van der Waals surface area (Å²) in [6, 6.07) is 38.6. The molecule has 0 aliphatic carbocycles. The van der Waals surface area contributed by atoms with Crippen LogP contribution >= 0.6 is 0 Å². The van der Waals surface area contributed by atoms with Crippen molar-refractivity contribution in [3.63, 3.8) is 0 Å². The van der Waals surface area contributed by atoms with Gasteiger partial charge in [-0.3, -0.25) is 0 Å². The average Bonchev–Trinajstić information content (AvgIpc) is 3.43. The van der Waals surface area contributed by atoms with Crippen LogP contribution in [0.4, 0.5) is 0 Å². The molecule has 5 heteroatoms. The number of hydrogen-bond acceptors (Lipinski definition) is 5. The fourth-order valence-electron chi connectivity index (χ4n) is 4.31. The van der Waals surface area contributed by atoms with E-state index in [0.29, 0.717) is 22.3 Å². The minimum absolute atomic E-state index is 0.280. The van der Waals surface area contributed by atoms with Gasteiger partial charge in [-0.25, -0.2) is 9.61 Å². The molecule has 6 rings (SSSR count). The zero-order valence-corrected chi connectivity index (χ0v) is 18.6. The van der Waals surface area contributed by atoms with Crippen molar-refractivity contribution in [1.82, 2.24) is 15.3 Å². The zero-order chi connectivity index (χ0) is 23.6. The van der Waals surface area contributed by atoms with E-state index >= 15 is 0 Å². The van der Waals surface area contributed by atoms with E-state index in [2.05, 4.69) is 40.6 Å². The van der Waals surface area contributed by atoms with Crippen LogP contribution in [0.15, 0.2) is 114 Å². The van der Waals surface area contributed by atoms with Gasteiger partial charge in [-0.2, -0.15) is 5.26 Å². The molecule has 0 N–H and O–H groups in total. The van der Waals surface area contributed by atoms with E-state index in [4.69, 9.17) is 9.61 Å². The van der Waals surface area contributed by atoms with Gasteiger partial charge in [-0.1, -0.05) is 109 Å². The summed E-state index contributed by atoms with van der Waals surface area (Å²) in [4.78, 5) is 4.70. The highest BCUT2D eigenvalue weighted by Crippen LogP contribution is 2.36. The molecule has 0 unspecified atom stereocenters. The summed E-state index contributed by atoms with van der Waals surface area (Å²) in [6.07, 6.45) is 0. The summed E-state index contributed by atoms with van der Waals surface area (Å²) >= 11 is 0. The van der Waals surface area contributed by atoms with Gasteiger partial charge in [0.25, 0.3) is 0 Å². The molecule has 164 valence electrons. The van der Waals surface area contributed by atoms with Crippen LogP contribution in [-0.2, 0) is 0 Å². The van der Waals surface area contributed by atoms with E-state index in [-0.39, 0.29) is 5.69 Å². The third kappa shape index (κ3) is 3.73. The Balaban J connectivity index is 1.44. The lowest BCUT2D eigenvalue weighted by molar-refractivity contribution is 0.315. The molecule has 0 spiro atoms. The minimum Gasteiger partial charge on any atom is -0.243 e. The summed E-state index contributed by atoms with van der Waals surface area (Å²) in [5.74, 6) is 0. The molecule has 2 aromatic heterocycles.